The molecule has 10 heteroatoms. The first-order valence-electron chi connectivity index (χ1n) is 9.14. The number of esters is 1. The van der Waals surface area contributed by atoms with Gasteiger partial charge >= 0.3 is 5.97 Å². The molecular weight excluding hydrogens is 422 g/mol. The number of aliphatic imine (C=N–C) groups is 1. The van der Waals surface area contributed by atoms with E-state index in [-0.39, 0.29) is 28.8 Å². The summed E-state index contributed by atoms with van der Waals surface area (Å²) in [7, 11) is 1.52. The number of anilines is 1. The van der Waals surface area contributed by atoms with Crippen LogP contribution < -0.4 is 15.8 Å². The van der Waals surface area contributed by atoms with Gasteiger partial charge in [-0.3, -0.25) is 14.4 Å². The Kier molecular flexibility index (Phi) is 7.03. The Hall–Kier alpha value is -3.66. The van der Waals surface area contributed by atoms with E-state index < -0.39 is 23.7 Å². The molecule has 2 aromatic rings. The van der Waals surface area contributed by atoms with Gasteiger partial charge in [0.1, 0.15) is 11.0 Å². The van der Waals surface area contributed by atoms with Crippen molar-refractivity contribution in [2.45, 2.75) is 11.7 Å². The van der Waals surface area contributed by atoms with Gasteiger partial charge in [-0.15, -0.1) is 0 Å². The normalized spacial score (nSPS) is 15.2. The van der Waals surface area contributed by atoms with Crippen molar-refractivity contribution in [3.8, 4) is 5.75 Å². The topological polar surface area (TPSA) is 137 Å². The Balaban J connectivity index is 1.48. The van der Waals surface area contributed by atoms with E-state index in [1.807, 2.05) is 0 Å². The number of hydrogen-bond donors (Lipinski definition) is 2. The second kappa shape index (κ2) is 9.90. The van der Waals surface area contributed by atoms with Gasteiger partial charge in [0, 0.05) is 17.7 Å². The Morgan fingerprint density at radius 3 is 2.29 bits per heavy atom. The zero-order valence-corrected chi connectivity index (χ0v) is 17.3. The molecule has 3 rings (SSSR count). The number of nitrogens with zero attached hydrogens (tertiary/aromatic N) is 1. The largest absolute Gasteiger partial charge is 0.497 e. The maximum atomic E-state index is 12.2. The van der Waals surface area contributed by atoms with Gasteiger partial charge in [-0.25, -0.2) is 4.79 Å². The third-order valence-corrected chi connectivity index (χ3v) is 5.27. The van der Waals surface area contributed by atoms with Crippen LogP contribution in [0.25, 0.3) is 0 Å². The molecule has 2 amide bonds. The lowest BCUT2D eigenvalue weighted by atomic mass is 10.1. The van der Waals surface area contributed by atoms with Crippen LogP contribution in [0.4, 0.5) is 5.69 Å². The van der Waals surface area contributed by atoms with Crippen LogP contribution in [0.15, 0.2) is 53.5 Å². The third kappa shape index (κ3) is 5.92. The maximum Gasteiger partial charge on any atom is 0.338 e. The number of amidine groups is 1. The van der Waals surface area contributed by atoms with Crippen molar-refractivity contribution in [2.24, 2.45) is 10.7 Å². The van der Waals surface area contributed by atoms with Crippen LogP contribution in [0.5, 0.6) is 5.75 Å². The minimum absolute atomic E-state index is 0.0645. The van der Waals surface area contributed by atoms with Gasteiger partial charge < -0.3 is 20.5 Å². The molecule has 0 saturated heterocycles. The molecule has 1 unspecified atom stereocenters. The first-order valence-corrected chi connectivity index (χ1v) is 10.0. The van der Waals surface area contributed by atoms with E-state index in [0.29, 0.717) is 17.0 Å². The Bertz CT molecular complexity index is 1030. The zero-order valence-electron chi connectivity index (χ0n) is 16.5. The number of nitrogens with two attached hydrogens (primary N) is 1. The van der Waals surface area contributed by atoms with Crippen molar-refractivity contribution < 1.29 is 28.7 Å². The number of nitrogens with one attached hydrogen (secondary N) is 1. The standard InChI is InChI=1S/C21H19N3O6S/c1-29-15-8-4-12(5-9-15)16(25)11-30-20(28)13-2-6-14(7-3-13)23-18(26)10-17-19(27)24-21(22)31-17/h2-9,17H,10-11H2,1H3,(H,23,26)(H2,22,24,27). The van der Waals surface area contributed by atoms with Gasteiger partial charge in [-0.2, -0.15) is 4.99 Å². The molecule has 1 heterocycles. The van der Waals surface area contributed by atoms with E-state index in [1.54, 1.807) is 24.3 Å². The average molecular weight is 441 g/mol. The van der Waals surface area contributed by atoms with E-state index in [0.717, 1.165) is 11.8 Å². The average Bonchev–Trinajstić information content (AvgIpc) is 3.08. The summed E-state index contributed by atoms with van der Waals surface area (Å²) in [4.78, 5) is 51.5. The number of methoxy groups -OCH3 is 1. The van der Waals surface area contributed by atoms with E-state index >= 15 is 0 Å². The van der Waals surface area contributed by atoms with E-state index in [2.05, 4.69) is 10.3 Å². The van der Waals surface area contributed by atoms with Crippen molar-refractivity contribution in [1.29, 1.82) is 0 Å². The molecular formula is C21H19N3O6S. The quantitative estimate of drug-likeness (QED) is 0.469. The highest BCUT2D eigenvalue weighted by Gasteiger charge is 2.29. The second-order valence-corrected chi connectivity index (χ2v) is 7.68. The van der Waals surface area contributed by atoms with Gasteiger partial charge in [0.15, 0.2) is 17.6 Å². The summed E-state index contributed by atoms with van der Waals surface area (Å²) in [5.74, 6) is -1.20. The lowest BCUT2D eigenvalue weighted by Crippen LogP contribution is -2.21. The third-order valence-electron chi connectivity index (χ3n) is 4.28. The molecule has 0 saturated carbocycles. The Morgan fingerprint density at radius 2 is 1.71 bits per heavy atom. The predicted octanol–water partition coefficient (Wildman–Crippen LogP) is 2.02. The lowest BCUT2D eigenvalue weighted by Gasteiger charge is -2.09. The van der Waals surface area contributed by atoms with Gasteiger partial charge in [0.2, 0.25) is 5.91 Å². The number of hydrogen-bond acceptors (Lipinski definition) is 8. The van der Waals surface area contributed by atoms with E-state index in [1.165, 1.54) is 31.4 Å². The molecule has 0 bridgehead atoms. The smallest absolute Gasteiger partial charge is 0.338 e. The summed E-state index contributed by atoms with van der Waals surface area (Å²) in [5, 5.41) is 2.16. The minimum atomic E-state index is -0.666. The van der Waals surface area contributed by atoms with Crippen molar-refractivity contribution in [3.63, 3.8) is 0 Å². The Morgan fingerprint density at radius 1 is 1.06 bits per heavy atom. The molecule has 2 aromatic carbocycles. The molecule has 31 heavy (non-hydrogen) atoms. The van der Waals surface area contributed by atoms with Crippen molar-refractivity contribution in [1.82, 2.24) is 0 Å². The van der Waals surface area contributed by atoms with Gasteiger partial charge in [-0.1, -0.05) is 11.8 Å². The molecule has 1 aliphatic rings. The lowest BCUT2D eigenvalue weighted by molar-refractivity contribution is -0.121. The van der Waals surface area contributed by atoms with Crippen LogP contribution in [-0.2, 0) is 14.3 Å². The molecule has 0 aromatic heterocycles. The predicted molar refractivity (Wildman–Crippen MR) is 115 cm³/mol. The highest BCUT2D eigenvalue weighted by molar-refractivity contribution is 8.15. The van der Waals surface area contributed by atoms with Gasteiger partial charge in [0.25, 0.3) is 5.91 Å². The number of amides is 2. The first kappa shape index (κ1) is 22.0. The SMILES string of the molecule is COc1ccc(C(=O)COC(=O)c2ccc(NC(=O)CC3SC(N)=NC3=O)cc2)cc1. The summed E-state index contributed by atoms with van der Waals surface area (Å²) in [6.07, 6.45) is -0.0645. The highest BCUT2D eigenvalue weighted by atomic mass is 32.2. The van der Waals surface area contributed by atoms with Crippen LogP contribution >= 0.6 is 11.8 Å². The van der Waals surface area contributed by atoms with E-state index in [4.69, 9.17) is 15.2 Å². The van der Waals surface area contributed by atoms with E-state index in [9.17, 15) is 19.2 Å². The van der Waals surface area contributed by atoms with Crippen molar-refractivity contribution in [3.05, 3.63) is 59.7 Å². The van der Waals surface area contributed by atoms with Crippen LogP contribution in [-0.4, -0.2) is 47.7 Å². The van der Waals surface area contributed by atoms with Crippen LogP contribution in [0.3, 0.4) is 0 Å². The summed E-state index contributed by atoms with van der Waals surface area (Å²) in [5.41, 5.74) is 6.54. The number of Topliss-reactive ketones (excluding diaryl/α,β-unsaturated/α-hetero) is 1. The number of ether oxygens (including phenoxy) is 2. The first-order chi connectivity index (χ1) is 14.9. The molecule has 0 fully saturated rings. The summed E-state index contributed by atoms with van der Waals surface area (Å²) < 4.78 is 10.1. The number of carbonyl (C=O) groups excluding carboxylic acids is 4. The number of thioether (sulfide) groups is 1. The molecule has 0 spiro atoms. The fourth-order valence-corrected chi connectivity index (χ4v) is 3.50. The summed E-state index contributed by atoms with van der Waals surface area (Å²) in [6, 6.07) is 12.4. The van der Waals surface area contributed by atoms with Gasteiger partial charge in [-0.05, 0) is 48.5 Å². The molecule has 9 nitrogen and oxygen atoms in total. The molecule has 1 atom stereocenters. The Labute approximate surface area is 182 Å². The van der Waals surface area contributed by atoms with Crippen LogP contribution in [0.2, 0.25) is 0 Å². The number of ketones is 1. The summed E-state index contributed by atoms with van der Waals surface area (Å²) >= 11 is 1.05. The fraction of sp³-hybridized carbons (Fsp3) is 0.190. The molecule has 1 aliphatic heterocycles. The maximum absolute atomic E-state index is 12.2. The zero-order chi connectivity index (χ0) is 22.4. The second-order valence-electron chi connectivity index (χ2n) is 6.45. The molecule has 0 radical (unpaired) electrons. The van der Waals surface area contributed by atoms with Crippen molar-refractivity contribution in [2.75, 3.05) is 19.0 Å². The van der Waals surface area contributed by atoms with Crippen molar-refractivity contribution >= 4 is 46.2 Å². The summed E-state index contributed by atoms with van der Waals surface area (Å²) in [6.45, 7) is -0.401. The monoisotopic (exact) mass is 441 g/mol. The highest BCUT2D eigenvalue weighted by Crippen LogP contribution is 2.23. The van der Waals surface area contributed by atoms with Crippen LogP contribution in [0, 0.1) is 0 Å². The molecule has 160 valence electrons. The number of benzene rings is 2. The number of rotatable bonds is 8. The van der Waals surface area contributed by atoms with Gasteiger partial charge in [0.05, 0.1) is 12.7 Å². The minimum Gasteiger partial charge on any atom is -0.497 e. The molecule has 0 aliphatic carbocycles. The fourth-order valence-electron chi connectivity index (χ4n) is 2.68. The molecule has 3 N–H and O–H groups in total. The number of carbonyl (C=O) groups is 4. The van der Waals surface area contributed by atoms with Crippen LogP contribution in [0.1, 0.15) is 27.1 Å².